The van der Waals surface area contributed by atoms with Crippen LogP contribution in [0.4, 0.5) is 0 Å². The molecule has 3 aromatic rings. The first kappa shape index (κ1) is 15.7. The molecular weight excluding hydrogens is 270 g/mol. The summed E-state index contributed by atoms with van der Waals surface area (Å²) >= 11 is 0. The third-order valence-corrected chi connectivity index (χ3v) is 4.79. The van der Waals surface area contributed by atoms with Crippen molar-refractivity contribution in [2.24, 2.45) is 0 Å². The maximum Gasteiger partial charge on any atom is 1.00 e. The minimum atomic E-state index is -1.57. The first-order chi connectivity index (χ1) is 9.86. The Morgan fingerprint density at radius 3 is 1.86 bits per heavy atom. The van der Waals surface area contributed by atoms with Crippen molar-refractivity contribution in [2.75, 3.05) is 0 Å². The molecule has 0 aromatic heterocycles. The molecule has 0 saturated heterocycles. The van der Waals surface area contributed by atoms with Crippen LogP contribution >= 0.6 is 7.80 Å². The summed E-state index contributed by atoms with van der Waals surface area (Å²) in [5.41, 5.74) is 2.14. The number of rotatable bonds is 3. The zero-order valence-electron chi connectivity index (χ0n) is 12.9. The van der Waals surface area contributed by atoms with Gasteiger partial charge in [0.25, 0.3) is 0 Å². The zero-order chi connectivity index (χ0) is 13.8. The smallest absolute Gasteiger partial charge is 1.00 e. The number of hydrogen-bond donors (Lipinski definition) is 0. The van der Waals surface area contributed by atoms with Crippen molar-refractivity contribution in [3.05, 3.63) is 84.9 Å². The van der Waals surface area contributed by atoms with E-state index in [1.807, 2.05) is 84.9 Å². The summed E-state index contributed by atoms with van der Waals surface area (Å²) in [4.78, 5) is 0. The summed E-state index contributed by atoms with van der Waals surface area (Å²) in [6, 6.07) is 27.6. The molecule has 98 valence electrons. The predicted molar refractivity (Wildman–Crippen MR) is 86.3 cm³/mol. The van der Waals surface area contributed by atoms with Crippen LogP contribution < -0.4 is 29.5 Å². The topological polar surface area (TPSA) is 17.1 Å². The van der Waals surface area contributed by atoms with Gasteiger partial charge in [-0.2, -0.15) is 0 Å². The van der Waals surface area contributed by atoms with Gasteiger partial charge in [0.1, 0.15) is 0 Å². The fourth-order valence-electron chi connectivity index (χ4n) is 2.22. The summed E-state index contributed by atoms with van der Waals surface area (Å²) in [6.45, 7) is 0. The largest absolute Gasteiger partial charge is 1.00 e. The van der Waals surface area contributed by atoms with E-state index < -0.39 is 7.80 Å². The van der Waals surface area contributed by atoms with Crippen molar-refractivity contribution >= 4 is 18.4 Å². The third-order valence-electron chi connectivity index (χ3n) is 3.20. The maximum atomic E-state index is 12.8. The Morgan fingerprint density at radius 1 is 0.667 bits per heavy atom. The van der Waals surface area contributed by atoms with E-state index in [9.17, 15) is 4.57 Å². The molecule has 3 aromatic carbocycles. The van der Waals surface area contributed by atoms with Crippen LogP contribution in [0.2, 0.25) is 0 Å². The van der Waals surface area contributed by atoms with Crippen molar-refractivity contribution in [3.8, 4) is 11.1 Å². The van der Waals surface area contributed by atoms with Crippen molar-refractivity contribution in [3.63, 3.8) is 0 Å². The normalized spacial score (nSPS) is 10.6. The van der Waals surface area contributed by atoms with Crippen LogP contribution in [0.3, 0.4) is 0 Å². The molecule has 0 radical (unpaired) electrons. The van der Waals surface area contributed by atoms with E-state index in [0.29, 0.717) is 0 Å². The molecule has 1 unspecified atom stereocenters. The second kappa shape index (κ2) is 7.39. The Bertz CT molecular complexity index is 732. The Labute approximate surface area is 139 Å². The fraction of sp³-hybridized carbons (Fsp3) is 0. The van der Waals surface area contributed by atoms with Gasteiger partial charge in [-0.05, 0) is 29.8 Å². The van der Waals surface area contributed by atoms with Gasteiger partial charge >= 0.3 is 26.7 Å². The molecule has 3 rings (SSSR count). The molecule has 0 aliphatic rings. The standard InChI is InChI=1S/C18H14OP.Li.H/c19-20(16-11-5-2-6-12-16)18-14-8-7-13-17(18)15-9-3-1-4-10-15;;/h1-14H;;/q2*+1;-1. The molecule has 0 fully saturated rings. The molecule has 1 atom stereocenters. The summed E-state index contributed by atoms with van der Waals surface area (Å²) < 4.78 is 12.8. The Balaban J connectivity index is 0.00000121. The summed E-state index contributed by atoms with van der Waals surface area (Å²) in [7, 11) is -1.57. The van der Waals surface area contributed by atoms with E-state index in [1.54, 1.807) is 0 Å². The van der Waals surface area contributed by atoms with Crippen LogP contribution in [0.1, 0.15) is 1.43 Å². The number of hydrogen-bond acceptors (Lipinski definition) is 1. The van der Waals surface area contributed by atoms with E-state index >= 15 is 0 Å². The van der Waals surface area contributed by atoms with Crippen molar-refractivity contribution in [2.45, 2.75) is 0 Å². The molecule has 0 N–H and O–H groups in total. The molecule has 0 aliphatic heterocycles. The average Bonchev–Trinajstić information content (AvgIpc) is 2.56. The van der Waals surface area contributed by atoms with Gasteiger partial charge in [0.15, 0.2) is 5.30 Å². The van der Waals surface area contributed by atoms with Crippen LogP contribution in [-0.2, 0) is 4.57 Å². The summed E-state index contributed by atoms with van der Waals surface area (Å²) in [5, 5.41) is 1.76. The van der Waals surface area contributed by atoms with E-state index in [1.165, 1.54) is 0 Å². The van der Waals surface area contributed by atoms with Gasteiger partial charge in [0.2, 0.25) is 5.30 Å². The molecule has 0 heterocycles. The Morgan fingerprint density at radius 2 is 1.19 bits per heavy atom. The molecule has 1 nitrogen and oxygen atoms in total. The summed E-state index contributed by atoms with van der Waals surface area (Å²) in [6.07, 6.45) is 0. The van der Waals surface area contributed by atoms with E-state index in [4.69, 9.17) is 0 Å². The molecule has 0 aliphatic carbocycles. The molecule has 0 bridgehead atoms. The minimum absolute atomic E-state index is 0. The molecule has 0 saturated carbocycles. The van der Waals surface area contributed by atoms with Crippen LogP contribution in [-0.4, -0.2) is 0 Å². The van der Waals surface area contributed by atoms with Crippen LogP contribution in [0, 0.1) is 0 Å². The molecule has 21 heavy (non-hydrogen) atoms. The summed E-state index contributed by atoms with van der Waals surface area (Å²) in [5.74, 6) is 0. The number of benzene rings is 3. The van der Waals surface area contributed by atoms with Gasteiger partial charge in [-0.3, -0.25) is 0 Å². The Kier molecular flexibility index (Phi) is 5.54. The first-order valence-corrected chi connectivity index (χ1v) is 7.79. The molecular formula is C18H15LiOP+. The molecule has 0 spiro atoms. The second-order valence-electron chi connectivity index (χ2n) is 4.51. The van der Waals surface area contributed by atoms with Gasteiger partial charge in [-0.15, -0.1) is 0 Å². The minimum Gasteiger partial charge on any atom is -1.00 e. The quantitative estimate of drug-likeness (QED) is 0.523. The second-order valence-corrected chi connectivity index (χ2v) is 6.10. The van der Waals surface area contributed by atoms with E-state index in [2.05, 4.69) is 0 Å². The Hall–Kier alpha value is -1.64. The van der Waals surface area contributed by atoms with Crippen molar-refractivity contribution in [1.82, 2.24) is 0 Å². The van der Waals surface area contributed by atoms with Gasteiger partial charge < -0.3 is 1.43 Å². The van der Waals surface area contributed by atoms with Crippen LogP contribution in [0.5, 0.6) is 0 Å². The van der Waals surface area contributed by atoms with Gasteiger partial charge in [0, 0.05) is 5.56 Å². The van der Waals surface area contributed by atoms with Crippen LogP contribution in [0.25, 0.3) is 11.1 Å². The van der Waals surface area contributed by atoms with Gasteiger partial charge in [-0.1, -0.05) is 65.2 Å². The SMILES string of the molecule is O=[P+](c1ccccc1)c1ccccc1-c1ccccc1.[H-].[Li+]. The predicted octanol–water partition coefficient (Wildman–Crippen LogP) is 1.25. The average molecular weight is 285 g/mol. The van der Waals surface area contributed by atoms with Crippen molar-refractivity contribution < 1.29 is 24.9 Å². The fourth-order valence-corrected chi connectivity index (χ4v) is 3.58. The molecule has 3 heteroatoms. The monoisotopic (exact) mass is 285 g/mol. The van der Waals surface area contributed by atoms with Gasteiger partial charge in [0.05, 0.1) is 0 Å². The van der Waals surface area contributed by atoms with Gasteiger partial charge in [-0.25, -0.2) is 0 Å². The van der Waals surface area contributed by atoms with Crippen molar-refractivity contribution in [1.29, 1.82) is 0 Å². The van der Waals surface area contributed by atoms with Crippen LogP contribution in [0.15, 0.2) is 84.9 Å². The van der Waals surface area contributed by atoms with E-state index in [0.717, 1.165) is 21.7 Å². The molecule has 0 amide bonds. The van der Waals surface area contributed by atoms with E-state index in [-0.39, 0.29) is 20.3 Å². The third kappa shape index (κ3) is 3.52. The first-order valence-electron chi connectivity index (χ1n) is 6.53. The zero-order valence-corrected chi connectivity index (χ0v) is 12.8. The maximum absolute atomic E-state index is 12.8.